The predicted octanol–water partition coefficient (Wildman–Crippen LogP) is 6.24. The monoisotopic (exact) mass is 334 g/mol. The molecule has 4 rings (SSSR count). The van der Waals surface area contributed by atoms with E-state index in [1.54, 1.807) is 0 Å². The molecule has 0 N–H and O–H groups in total. The van der Waals surface area contributed by atoms with Crippen LogP contribution >= 0.6 is 0 Å². The van der Waals surface area contributed by atoms with E-state index < -0.39 is 0 Å². The van der Waals surface area contributed by atoms with Crippen LogP contribution in [0.5, 0.6) is 0 Å². The zero-order valence-electron chi connectivity index (χ0n) is 14.3. The third kappa shape index (κ3) is 3.33. The molecule has 0 saturated carbocycles. The van der Waals surface area contributed by atoms with Crippen molar-refractivity contribution in [2.75, 3.05) is 0 Å². The van der Waals surface area contributed by atoms with Gasteiger partial charge in [0.1, 0.15) is 6.29 Å². The van der Waals surface area contributed by atoms with E-state index in [1.165, 1.54) is 16.7 Å². The Morgan fingerprint density at radius 1 is 0.577 bits per heavy atom. The molecule has 0 spiro atoms. The van der Waals surface area contributed by atoms with Crippen LogP contribution in [0.25, 0.3) is 22.4 Å². The van der Waals surface area contributed by atoms with Gasteiger partial charge in [-0.05, 0) is 51.2 Å². The number of hydrogen-bond acceptors (Lipinski definition) is 1. The minimum absolute atomic E-state index is 0.704. The van der Waals surface area contributed by atoms with Gasteiger partial charge in [-0.1, -0.05) is 84.9 Å². The number of hydrogen-bond donors (Lipinski definition) is 0. The molecular weight excluding hydrogens is 316 g/mol. The van der Waals surface area contributed by atoms with Crippen LogP contribution in [-0.4, -0.2) is 6.29 Å². The number of aldehydes is 1. The van der Waals surface area contributed by atoms with Crippen LogP contribution in [0.3, 0.4) is 0 Å². The molecule has 0 saturated heterocycles. The Labute approximate surface area is 153 Å². The molecule has 124 valence electrons. The molecule has 0 aliphatic carbocycles. The van der Waals surface area contributed by atoms with Gasteiger partial charge in [-0.15, -0.1) is 0 Å². The molecule has 1 heteroatoms. The van der Waals surface area contributed by atoms with Crippen LogP contribution in [-0.2, 0) is 0 Å². The molecule has 0 aliphatic rings. The van der Waals surface area contributed by atoms with Crippen molar-refractivity contribution in [1.82, 2.24) is 0 Å². The van der Waals surface area contributed by atoms with Gasteiger partial charge in [-0.2, -0.15) is 0 Å². The maximum Gasteiger partial charge on any atom is 0.150 e. The lowest BCUT2D eigenvalue weighted by atomic mass is 9.95. The molecule has 4 aromatic rings. The van der Waals surface area contributed by atoms with Gasteiger partial charge < -0.3 is 0 Å². The average Bonchev–Trinajstić information content (AvgIpc) is 2.73. The Bertz CT molecular complexity index is 1040. The first-order chi connectivity index (χ1) is 12.8. The molecule has 0 aliphatic heterocycles. The third-order valence-electron chi connectivity index (χ3n) is 4.51. The summed E-state index contributed by atoms with van der Waals surface area (Å²) in [6, 6.07) is 33.0. The SMILES string of the molecule is O=Cc1ccc2cc(C=C(c3ccccc3)c3ccccc3)ccc2c1. The molecule has 0 amide bonds. The third-order valence-corrected chi connectivity index (χ3v) is 4.51. The van der Waals surface area contributed by atoms with Crippen molar-refractivity contribution in [2.24, 2.45) is 0 Å². The lowest BCUT2D eigenvalue weighted by molar-refractivity contribution is 0.112. The number of benzene rings is 4. The Hall–Kier alpha value is -3.45. The second-order valence-electron chi connectivity index (χ2n) is 6.27. The summed E-state index contributed by atoms with van der Waals surface area (Å²) in [7, 11) is 0. The van der Waals surface area contributed by atoms with Gasteiger partial charge in [0, 0.05) is 5.56 Å². The van der Waals surface area contributed by atoms with E-state index in [2.05, 4.69) is 72.8 Å². The largest absolute Gasteiger partial charge is 0.298 e. The van der Waals surface area contributed by atoms with Crippen molar-refractivity contribution in [3.8, 4) is 0 Å². The standard InChI is InChI=1S/C25H18O/c26-18-20-12-14-23-15-19(11-13-24(23)16-20)17-25(21-7-3-1-4-8-21)22-9-5-2-6-10-22/h1-18H. The van der Waals surface area contributed by atoms with Crippen LogP contribution in [0.15, 0.2) is 97.1 Å². The smallest absolute Gasteiger partial charge is 0.150 e. The maximum absolute atomic E-state index is 11.0. The highest BCUT2D eigenvalue weighted by Crippen LogP contribution is 2.27. The minimum atomic E-state index is 0.704. The highest BCUT2D eigenvalue weighted by Gasteiger charge is 2.05. The fourth-order valence-electron chi connectivity index (χ4n) is 3.18. The quantitative estimate of drug-likeness (QED) is 0.319. The van der Waals surface area contributed by atoms with Crippen molar-refractivity contribution >= 4 is 28.7 Å². The van der Waals surface area contributed by atoms with Gasteiger partial charge in [0.25, 0.3) is 0 Å². The summed E-state index contributed by atoms with van der Waals surface area (Å²) < 4.78 is 0. The van der Waals surface area contributed by atoms with Crippen molar-refractivity contribution in [2.45, 2.75) is 0 Å². The second-order valence-corrected chi connectivity index (χ2v) is 6.27. The minimum Gasteiger partial charge on any atom is -0.298 e. The first-order valence-electron chi connectivity index (χ1n) is 8.65. The van der Waals surface area contributed by atoms with Gasteiger partial charge in [0.2, 0.25) is 0 Å². The molecule has 0 atom stereocenters. The number of carbonyl (C=O) groups is 1. The van der Waals surface area contributed by atoms with Gasteiger partial charge in [-0.25, -0.2) is 0 Å². The lowest BCUT2D eigenvalue weighted by Crippen LogP contribution is -1.88. The van der Waals surface area contributed by atoms with Crippen molar-refractivity contribution in [3.05, 3.63) is 119 Å². The first-order valence-corrected chi connectivity index (χ1v) is 8.65. The zero-order valence-corrected chi connectivity index (χ0v) is 14.3. The molecule has 0 fully saturated rings. The molecular formula is C25H18O. The van der Waals surface area contributed by atoms with Crippen LogP contribution in [0.1, 0.15) is 27.0 Å². The van der Waals surface area contributed by atoms with Gasteiger partial charge in [0.15, 0.2) is 0 Å². The number of rotatable bonds is 4. The molecule has 0 unspecified atom stereocenters. The van der Waals surface area contributed by atoms with Crippen molar-refractivity contribution < 1.29 is 4.79 Å². The van der Waals surface area contributed by atoms with E-state index in [9.17, 15) is 4.79 Å². The summed E-state index contributed by atoms with van der Waals surface area (Å²) in [5, 5.41) is 2.21. The molecule has 4 aromatic carbocycles. The summed E-state index contributed by atoms with van der Waals surface area (Å²) in [5.74, 6) is 0. The van der Waals surface area contributed by atoms with Crippen molar-refractivity contribution in [1.29, 1.82) is 0 Å². The molecule has 26 heavy (non-hydrogen) atoms. The van der Waals surface area contributed by atoms with Crippen LogP contribution in [0, 0.1) is 0 Å². The first kappa shape index (κ1) is 16.0. The number of carbonyl (C=O) groups excluding carboxylic acids is 1. The van der Waals surface area contributed by atoms with E-state index in [0.29, 0.717) is 5.56 Å². The summed E-state index contributed by atoms with van der Waals surface area (Å²) in [6.45, 7) is 0. The highest BCUT2D eigenvalue weighted by molar-refractivity contribution is 5.95. The van der Waals surface area contributed by atoms with E-state index in [0.717, 1.165) is 22.6 Å². The maximum atomic E-state index is 11.0. The summed E-state index contributed by atoms with van der Waals surface area (Å²) >= 11 is 0. The predicted molar refractivity (Wildman–Crippen MR) is 109 cm³/mol. The van der Waals surface area contributed by atoms with Gasteiger partial charge >= 0.3 is 0 Å². The van der Waals surface area contributed by atoms with E-state index in [-0.39, 0.29) is 0 Å². The normalized spacial score (nSPS) is 10.5. The summed E-state index contributed by atoms with van der Waals surface area (Å²) in [5.41, 5.74) is 5.41. The van der Waals surface area contributed by atoms with Crippen LogP contribution in [0.4, 0.5) is 0 Å². The van der Waals surface area contributed by atoms with E-state index >= 15 is 0 Å². The highest BCUT2D eigenvalue weighted by atomic mass is 16.1. The summed E-state index contributed by atoms with van der Waals surface area (Å²) in [6.07, 6.45) is 3.11. The topological polar surface area (TPSA) is 17.1 Å². The van der Waals surface area contributed by atoms with Crippen LogP contribution < -0.4 is 0 Å². The van der Waals surface area contributed by atoms with E-state index in [4.69, 9.17) is 0 Å². The Balaban J connectivity index is 1.84. The van der Waals surface area contributed by atoms with E-state index in [1.807, 2.05) is 30.3 Å². The second kappa shape index (κ2) is 7.20. The fraction of sp³-hybridized carbons (Fsp3) is 0. The molecule has 0 aromatic heterocycles. The summed E-state index contributed by atoms with van der Waals surface area (Å²) in [4.78, 5) is 11.0. The Kier molecular flexibility index (Phi) is 4.44. The molecule has 0 radical (unpaired) electrons. The Morgan fingerprint density at radius 3 is 1.62 bits per heavy atom. The molecule has 0 heterocycles. The fourth-order valence-corrected chi connectivity index (χ4v) is 3.18. The van der Waals surface area contributed by atoms with Crippen molar-refractivity contribution in [3.63, 3.8) is 0 Å². The zero-order chi connectivity index (χ0) is 17.8. The number of fused-ring (bicyclic) bond motifs is 1. The molecule has 1 nitrogen and oxygen atoms in total. The van der Waals surface area contributed by atoms with Gasteiger partial charge in [0.05, 0.1) is 0 Å². The van der Waals surface area contributed by atoms with Gasteiger partial charge in [-0.3, -0.25) is 4.79 Å². The average molecular weight is 334 g/mol. The lowest BCUT2D eigenvalue weighted by Gasteiger charge is -2.09. The van der Waals surface area contributed by atoms with Crippen LogP contribution in [0.2, 0.25) is 0 Å². The molecule has 0 bridgehead atoms. The Morgan fingerprint density at radius 2 is 1.08 bits per heavy atom.